The van der Waals surface area contributed by atoms with Gasteiger partial charge in [-0.05, 0) is 40.9 Å². The Hall–Kier alpha value is -0.380. The molecule has 0 aromatic rings. The minimum atomic E-state index is 1.27. The zero-order valence-corrected chi connectivity index (χ0v) is 10.7. The zero-order valence-electron chi connectivity index (χ0n) is 10.7. The molecule has 0 fully saturated rings. The molecule has 0 unspecified atom stereocenters. The van der Waals surface area contributed by atoms with Crippen LogP contribution in [-0.2, 0) is 0 Å². The smallest absolute Gasteiger partial charge is 0.0195 e. The third-order valence-electron chi connectivity index (χ3n) is 1.21. The van der Waals surface area contributed by atoms with Gasteiger partial charge < -0.3 is 17.2 Å². The Bertz CT molecular complexity index is 63.6. The second-order valence-electron chi connectivity index (χ2n) is 2.06. The highest BCUT2D eigenvalue weighted by Gasteiger charge is 1.78. The largest absolute Gasteiger partial charge is 0.333 e. The Labute approximate surface area is 90.7 Å². The van der Waals surface area contributed by atoms with Crippen LogP contribution in [0.5, 0.6) is 0 Å². The summed E-state index contributed by atoms with van der Waals surface area (Å²) < 4.78 is 0. The van der Waals surface area contributed by atoms with Crippen LogP contribution in [0.15, 0.2) is 12.2 Å². The molecule has 3 heteroatoms. The monoisotopic (exact) mass is 205 g/mol. The molecular formula is C11H31N3. The molecule has 0 radical (unpaired) electrons. The first-order valence-corrected chi connectivity index (χ1v) is 5.26. The molecule has 14 heavy (non-hydrogen) atoms. The molecule has 0 spiro atoms. The van der Waals surface area contributed by atoms with Crippen LogP contribution in [0.1, 0.15) is 39.5 Å². The van der Waals surface area contributed by atoms with Crippen molar-refractivity contribution in [3.63, 3.8) is 0 Å². The maximum Gasteiger partial charge on any atom is -0.0195 e. The van der Waals surface area contributed by atoms with Crippen LogP contribution < -0.4 is 17.2 Å². The van der Waals surface area contributed by atoms with E-state index < -0.39 is 0 Å². The van der Waals surface area contributed by atoms with E-state index in [9.17, 15) is 0 Å². The van der Waals surface area contributed by atoms with Crippen LogP contribution in [0, 0.1) is 0 Å². The SMILES string of the molecule is CC=CCCCCC.CN.CN.CN. The van der Waals surface area contributed by atoms with E-state index in [0.717, 1.165) is 0 Å². The van der Waals surface area contributed by atoms with E-state index in [1.807, 2.05) is 0 Å². The Balaban J connectivity index is -0.0000000708. The van der Waals surface area contributed by atoms with Gasteiger partial charge in [-0.1, -0.05) is 31.9 Å². The van der Waals surface area contributed by atoms with Gasteiger partial charge in [0.05, 0.1) is 0 Å². The predicted octanol–water partition coefficient (Wildman–Crippen LogP) is 1.87. The van der Waals surface area contributed by atoms with Crippen molar-refractivity contribution >= 4 is 0 Å². The molecule has 3 nitrogen and oxygen atoms in total. The normalized spacial score (nSPS) is 7.43. The van der Waals surface area contributed by atoms with Gasteiger partial charge in [-0.25, -0.2) is 0 Å². The lowest BCUT2D eigenvalue weighted by Gasteiger charge is -1.88. The molecule has 90 valence electrons. The zero-order chi connectivity index (χ0) is 12.2. The minimum Gasteiger partial charge on any atom is -0.333 e. The predicted molar refractivity (Wildman–Crippen MR) is 69.3 cm³/mol. The van der Waals surface area contributed by atoms with Crippen LogP contribution in [0.4, 0.5) is 0 Å². The van der Waals surface area contributed by atoms with Crippen LogP contribution in [-0.4, -0.2) is 21.1 Å². The van der Waals surface area contributed by atoms with E-state index in [2.05, 4.69) is 43.2 Å². The van der Waals surface area contributed by atoms with Crippen LogP contribution >= 0.6 is 0 Å². The summed E-state index contributed by atoms with van der Waals surface area (Å²) in [6.45, 7) is 4.31. The van der Waals surface area contributed by atoms with Gasteiger partial charge >= 0.3 is 0 Å². The van der Waals surface area contributed by atoms with Crippen molar-refractivity contribution in [1.29, 1.82) is 0 Å². The summed E-state index contributed by atoms with van der Waals surface area (Å²) in [5.41, 5.74) is 13.5. The summed E-state index contributed by atoms with van der Waals surface area (Å²) in [5.74, 6) is 0. The highest BCUT2D eigenvalue weighted by atomic mass is 14.4. The van der Waals surface area contributed by atoms with E-state index in [0.29, 0.717) is 0 Å². The Morgan fingerprint density at radius 2 is 1.29 bits per heavy atom. The Kier molecular flexibility index (Phi) is 90.3. The number of unbranched alkanes of at least 4 members (excludes halogenated alkanes) is 3. The van der Waals surface area contributed by atoms with Gasteiger partial charge in [0.15, 0.2) is 0 Å². The molecule has 6 N–H and O–H groups in total. The third-order valence-corrected chi connectivity index (χ3v) is 1.21. The lowest BCUT2D eigenvalue weighted by atomic mass is 10.2. The maximum absolute atomic E-state index is 4.50. The van der Waals surface area contributed by atoms with E-state index in [1.165, 1.54) is 46.8 Å². The molecule has 0 aliphatic carbocycles. The van der Waals surface area contributed by atoms with Crippen molar-refractivity contribution in [3.05, 3.63) is 12.2 Å². The summed E-state index contributed by atoms with van der Waals surface area (Å²) in [6.07, 6.45) is 9.69. The molecule has 0 heterocycles. The summed E-state index contributed by atoms with van der Waals surface area (Å²) >= 11 is 0. The number of rotatable bonds is 4. The minimum absolute atomic E-state index is 1.27. The standard InChI is InChI=1S/C8H16.3CH5N/c1-3-5-7-8-6-4-2;3*1-2/h3,5H,4,6-8H2,1-2H3;3*2H2,1H3. The van der Waals surface area contributed by atoms with E-state index in [1.54, 1.807) is 0 Å². The fraction of sp³-hybridized carbons (Fsp3) is 0.818. The first-order chi connectivity index (χ1) is 6.91. The van der Waals surface area contributed by atoms with Gasteiger partial charge in [-0.15, -0.1) is 0 Å². The quantitative estimate of drug-likeness (QED) is 0.484. The summed E-state index contributed by atoms with van der Waals surface area (Å²) in [5, 5.41) is 0. The highest BCUT2D eigenvalue weighted by molar-refractivity contribution is 4.75. The fourth-order valence-corrected chi connectivity index (χ4v) is 0.679. The summed E-state index contributed by atoms with van der Waals surface area (Å²) in [7, 11) is 4.50. The van der Waals surface area contributed by atoms with Gasteiger partial charge in [0.2, 0.25) is 0 Å². The van der Waals surface area contributed by atoms with Crippen LogP contribution in [0.25, 0.3) is 0 Å². The van der Waals surface area contributed by atoms with Crippen molar-refractivity contribution in [1.82, 2.24) is 0 Å². The molecule has 0 aliphatic heterocycles. The van der Waals surface area contributed by atoms with E-state index >= 15 is 0 Å². The van der Waals surface area contributed by atoms with E-state index in [-0.39, 0.29) is 0 Å². The molecule has 0 aromatic heterocycles. The molecule has 0 aliphatic rings. The molecule has 0 bridgehead atoms. The second-order valence-corrected chi connectivity index (χ2v) is 2.06. The van der Waals surface area contributed by atoms with Gasteiger partial charge in [-0.2, -0.15) is 0 Å². The number of nitrogens with two attached hydrogens (primary N) is 3. The third kappa shape index (κ3) is 61.4. The molecule has 0 atom stereocenters. The van der Waals surface area contributed by atoms with E-state index in [4.69, 9.17) is 0 Å². The maximum atomic E-state index is 4.50. The summed E-state index contributed by atoms with van der Waals surface area (Å²) in [6, 6.07) is 0. The Morgan fingerprint density at radius 3 is 1.57 bits per heavy atom. The molecule has 0 saturated carbocycles. The molecule has 0 saturated heterocycles. The second kappa shape index (κ2) is 54.0. The van der Waals surface area contributed by atoms with Gasteiger partial charge in [0.1, 0.15) is 0 Å². The number of hydrogen-bond acceptors (Lipinski definition) is 3. The average molecular weight is 205 g/mol. The lowest BCUT2D eigenvalue weighted by molar-refractivity contribution is 0.729. The van der Waals surface area contributed by atoms with Gasteiger partial charge in [0, 0.05) is 0 Å². The van der Waals surface area contributed by atoms with Crippen molar-refractivity contribution < 1.29 is 0 Å². The summed E-state index contributed by atoms with van der Waals surface area (Å²) in [4.78, 5) is 0. The van der Waals surface area contributed by atoms with Crippen molar-refractivity contribution in [2.75, 3.05) is 21.1 Å². The van der Waals surface area contributed by atoms with Crippen molar-refractivity contribution in [2.45, 2.75) is 39.5 Å². The molecule has 0 amide bonds. The first-order valence-electron chi connectivity index (χ1n) is 5.26. The van der Waals surface area contributed by atoms with Crippen molar-refractivity contribution in [2.24, 2.45) is 17.2 Å². The average Bonchev–Trinajstić information content (AvgIpc) is 2.33. The number of hydrogen-bond donors (Lipinski definition) is 3. The fourth-order valence-electron chi connectivity index (χ4n) is 0.679. The molecule has 0 aromatic carbocycles. The van der Waals surface area contributed by atoms with Gasteiger partial charge in [0.25, 0.3) is 0 Å². The van der Waals surface area contributed by atoms with Gasteiger partial charge in [-0.3, -0.25) is 0 Å². The van der Waals surface area contributed by atoms with Crippen LogP contribution in [0.2, 0.25) is 0 Å². The first kappa shape index (κ1) is 23.4. The molecule has 0 rings (SSSR count). The lowest BCUT2D eigenvalue weighted by Crippen LogP contribution is -1.69. The van der Waals surface area contributed by atoms with Crippen LogP contribution in [0.3, 0.4) is 0 Å². The van der Waals surface area contributed by atoms with Crippen molar-refractivity contribution in [3.8, 4) is 0 Å². The molecular weight excluding hydrogens is 174 g/mol. The topological polar surface area (TPSA) is 78.1 Å². The number of allylic oxidation sites excluding steroid dienone is 2. The Morgan fingerprint density at radius 1 is 0.857 bits per heavy atom. The highest BCUT2D eigenvalue weighted by Crippen LogP contribution is 1.98.